The Balaban J connectivity index is 3.07. The van der Waals surface area contributed by atoms with Gasteiger partial charge in [0.2, 0.25) is 0 Å². The number of methoxy groups -OCH3 is 1. The zero-order chi connectivity index (χ0) is 13.7. The second-order valence-electron chi connectivity index (χ2n) is 4.08. The van der Waals surface area contributed by atoms with Crippen LogP contribution in [0.25, 0.3) is 0 Å². The molecule has 96 valence electrons. The summed E-state index contributed by atoms with van der Waals surface area (Å²) in [5.41, 5.74) is 1.45. The molecule has 18 heavy (non-hydrogen) atoms. The largest absolute Gasteiger partial charge is 0.468 e. The molecule has 5 heteroatoms. The summed E-state index contributed by atoms with van der Waals surface area (Å²) in [5.74, 6) is -0.292. The number of hydrogen-bond donors (Lipinski definition) is 0. The highest BCUT2D eigenvalue weighted by Gasteiger charge is 2.17. The summed E-state index contributed by atoms with van der Waals surface area (Å²) in [4.78, 5) is 13.3. The highest BCUT2D eigenvalue weighted by Crippen LogP contribution is 2.28. The molecule has 0 radical (unpaired) electrons. The Kier molecular flexibility index (Phi) is 5.17. The summed E-state index contributed by atoms with van der Waals surface area (Å²) in [6, 6.07) is 7.51. The van der Waals surface area contributed by atoms with Crippen LogP contribution >= 0.6 is 15.9 Å². The summed E-state index contributed by atoms with van der Waals surface area (Å²) in [6.45, 7) is 4.17. The van der Waals surface area contributed by atoms with Crippen molar-refractivity contribution in [3.8, 4) is 6.07 Å². The predicted molar refractivity (Wildman–Crippen MR) is 73.4 cm³/mol. The minimum absolute atomic E-state index is 0.147. The van der Waals surface area contributed by atoms with E-state index in [0.29, 0.717) is 5.56 Å². The van der Waals surface area contributed by atoms with Gasteiger partial charge < -0.3 is 9.64 Å². The van der Waals surface area contributed by atoms with E-state index in [1.54, 1.807) is 12.1 Å². The first-order valence-corrected chi connectivity index (χ1v) is 6.32. The van der Waals surface area contributed by atoms with E-state index in [1.165, 1.54) is 7.11 Å². The number of carbonyl (C=O) groups is 1. The minimum atomic E-state index is -0.292. The monoisotopic (exact) mass is 310 g/mol. The van der Waals surface area contributed by atoms with Crippen LogP contribution in [0.1, 0.15) is 19.4 Å². The van der Waals surface area contributed by atoms with Crippen molar-refractivity contribution in [2.24, 2.45) is 0 Å². The molecule has 1 aromatic carbocycles. The lowest BCUT2D eigenvalue weighted by molar-refractivity contribution is -0.139. The van der Waals surface area contributed by atoms with Crippen LogP contribution < -0.4 is 4.90 Å². The highest BCUT2D eigenvalue weighted by molar-refractivity contribution is 9.10. The number of halogens is 1. The third kappa shape index (κ3) is 3.47. The number of anilines is 1. The van der Waals surface area contributed by atoms with Crippen molar-refractivity contribution >= 4 is 27.6 Å². The van der Waals surface area contributed by atoms with Gasteiger partial charge >= 0.3 is 5.97 Å². The summed E-state index contributed by atoms with van der Waals surface area (Å²) >= 11 is 3.42. The lowest BCUT2D eigenvalue weighted by Gasteiger charge is -2.28. The van der Waals surface area contributed by atoms with Gasteiger partial charge in [0.05, 0.1) is 24.4 Å². The molecule has 0 aromatic heterocycles. The van der Waals surface area contributed by atoms with E-state index < -0.39 is 0 Å². The number of carbonyl (C=O) groups excluding carboxylic acids is 1. The Morgan fingerprint density at radius 3 is 2.67 bits per heavy atom. The first kappa shape index (κ1) is 14.5. The van der Waals surface area contributed by atoms with Gasteiger partial charge in [-0.1, -0.05) is 0 Å². The number of esters is 1. The fourth-order valence-electron chi connectivity index (χ4n) is 1.56. The van der Waals surface area contributed by atoms with Gasteiger partial charge in [0.1, 0.15) is 6.54 Å². The first-order chi connectivity index (χ1) is 8.49. The fraction of sp³-hybridized carbons (Fsp3) is 0.385. The molecule has 0 atom stereocenters. The maximum atomic E-state index is 11.4. The van der Waals surface area contributed by atoms with Gasteiger partial charge in [-0.05, 0) is 48.0 Å². The van der Waals surface area contributed by atoms with Crippen molar-refractivity contribution in [2.45, 2.75) is 19.9 Å². The van der Waals surface area contributed by atoms with Gasteiger partial charge in [-0.25, -0.2) is 0 Å². The van der Waals surface area contributed by atoms with Crippen molar-refractivity contribution in [1.29, 1.82) is 5.26 Å². The zero-order valence-corrected chi connectivity index (χ0v) is 12.2. The third-order valence-corrected chi connectivity index (χ3v) is 3.17. The van der Waals surface area contributed by atoms with Crippen molar-refractivity contribution in [1.82, 2.24) is 0 Å². The minimum Gasteiger partial charge on any atom is -0.468 e. The van der Waals surface area contributed by atoms with E-state index in [4.69, 9.17) is 5.26 Å². The van der Waals surface area contributed by atoms with Crippen molar-refractivity contribution < 1.29 is 9.53 Å². The molecule has 0 amide bonds. The summed E-state index contributed by atoms with van der Waals surface area (Å²) in [5, 5.41) is 8.83. The van der Waals surface area contributed by atoms with Crippen LogP contribution in [0.5, 0.6) is 0 Å². The molecule has 0 aliphatic heterocycles. The normalized spacial score (nSPS) is 10.0. The number of hydrogen-bond acceptors (Lipinski definition) is 4. The van der Waals surface area contributed by atoms with Gasteiger partial charge in [0, 0.05) is 10.5 Å². The van der Waals surface area contributed by atoms with Crippen molar-refractivity contribution in [3.63, 3.8) is 0 Å². The average molecular weight is 311 g/mol. The SMILES string of the molecule is COC(=O)CN(c1ccc(C#N)cc1Br)C(C)C. The van der Waals surface area contributed by atoms with Gasteiger partial charge in [-0.15, -0.1) is 0 Å². The zero-order valence-electron chi connectivity index (χ0n) is 10.6. The van der Waals surface area contributed by atoms with Crippen LogP contribution in [0.2, 0.25) is 0 Å². The number of nitrogens with zero attached hydrogens (tertiary/aromatic N) is 2. The summed E-state index contributed by atoms with van der Waals surface area (Å²) < 4.78 is 5.48. The number of benzene rings is 1. The molecule has 0 aliphatic rings. The van der Waals surface area contributed by atoms with Gasteiger partial charge in [-0.3, -0.25) is 4.79 Å². The Hall–Kier alpha value is -1.54. The molecule has 0 saturated heterocycles. The number of ether oxygens (including phenoxy) is 1. The lowest BCUT2D eigenvalue weighted by Crippen LogP contribution is -2.36. The lowest BCUT2D eigenvalue weighted by atomic mass is 10.2. The highest BCUT2D eigenvalue weighted by atomic mass is 79.9. The van der Waals surface area contributed by atoms with Gasteiger partial charge in [-0.2, -0.15) is 5.26 Å². The molecular weight excluding hydrogens is 296 g/mol. The second kappa shape index (κ2) is 6.41. The number of rotatable bonds is 4. The van der Waals surface area contributed by atoms with E-state index in [0.717, 1.165) is 10.2 Å². The van der Waals surface area contributed by atoms with Gasteiger partial charge in [0.25, 0.3) is 0 Å². The van der Waals surface area contributed by atoms with Crippen molar-refractivity contribution in [3.05, 3.63) is 28.2 Å². The van der Waals surface area contributed by atoms with Crippen LogP contribution in [-0.4, -0.2) is 25.7 Å². The summed E-state index contributed by atoms with van der Waals surface area (Å²) in [7, 11) is 1.37. The van der Waals surface area contributed by atoms with Crippen molar-refractivity contribution in [2.75, 3.05) is 18.6 Å². The number of nitriles is 1. The Labute approximate surface area is 115 Å². The molecule has 0 unspecified atom stereocenters. The smallest absolute Gasteiger partial charge is 0.325 e. The molecule has 0 heterocycles. The molecule has 0 aliphatic carbocycles. The van der Waals surface area contributed by atoms with E-state index in [2.05, 4.69) is 26.7 Å². The fourth-order valence-corrected chi connectivity index (χ4v) is 2.17. The summed E-state index contributed by atoms with van der Waals surface area (Å²) in [6.07, 6.45) is 0. The van der Waals surface area contributed by atoms with Crippen LogP contribution in [0.15, 0.2) is 22.7 Å². The molecule has 0 bridgehead atoms. The first-order valence-electron chi connectivity index (χ1n) is 5.52. The molecule has 0 N–H and O–H groups in total. The van der Waals surface area contributed by atoms with E-state index >= 15 is 0 Å². The second-order valence-corrected chi connectivity index (χ2v) is 4.93. The predicted octanol–water partition coefficient (Wildman–Crippen LogP) is 2.71. The van der Waals surface area contributed by atoms with E-state index in [-0.39, 0.29) is 18.6 Å². The van der Waals surface area contributed by atoms with E-state index in [9.17, 15) is 4.79 Å². The van der Waals surface area contributed by atoms with Crippen LogP contribution in [0.4, 0.5) is 5.69 Å². The Morgan fingerprint density at radius 2 is 2.22 bits per heavy atom. The molecule has 0 saturated carbocycles. The molecule has 0 fully saturated rings. The van der Waals surface area contributed by atoms with Gasteiger partial charge in [0.15, 0.2) is 0 Å². The quantitative estimate of drug-likeness (QED) is 0.802. The maximum Gasteiger partial charge on any atom is 0.325 e. The maximum absolute atomic E-state index is 11.4. The molecule has 1 aromatic rings. The average Bonchev–Trinajstić information content (AvgIpc) is 2.35. The molecular formula is C13H15BrN2O2. The topological polar surface area (TPSA) is 53.3 Å². The van der Waals surface area contributed by atoms with Crippen LogP contribution in [0.3, 0.4) is 0 Å². The third-order valence-electron chi connectivity index (χ3n) is 2.54. The Bertz CT molecular complexity index is 480. The van der Waals surface area contributed by atoms with E-state index in [1.807, 2.05) is 24.8 Å². The molecule has 1 rings (SSSR count). The van der Waals surface area contributed by atoms with Crippen LogP contribution in [0, 0.1) is 11.3 Å². The standard InChI is InChI=1S/C13H15BrN2O2/c1-9(2)16(8-13(17)18-3)12-5-4-10(7-15)6-11(12)14/h4-6,9H,8H2,1-3H3. The van der Waals surface area contributed by atoms with Crippen LogP contribution in [-0.2, 0) is 9.53 Å². The Morgan fingerprint density at radius 1 is 1.56 bits per heavy atom. The molecule has 4 nitrogen and oxygen atoms in total. The molecule has 0 spiro atoms.